The van der Waals surface area contributed by atoms with Gasteiger partial charge in [-0.15, -0.1) is 0 Å². The van der Waals surface area contributed by atoms with Crippen LogP contribution in [-0.2, 0) is 10.2 Å². The minimum Gasteiger partial charge on any atom is -0.347 e. The number of aromatic nitrogens is 1. The molecule has 0 saturated heterocycles. The van der Waals surface area contributed by atoms with Gasteiger partial charge in [-0.2, -0.15) is 0 Å². The van der Waals surface area contributed by atoms with Crippen molar-refractivity contribution in [1.82, 2.24) is 4.98 Å². The molecule has 0 atom stereocenters. The molecule has 1 aromatic heterocycles. The van der Waals surface area contributed by atoms with E-state index in [2.05, 4.69) is 24.9 Å². The average molecular weight is 306 g/mol. The molecular weight excluding hydrogens is 288 g/mol. The predicted molar refractivity (Wildman–Crippen MR) is 89.5 cm³/mol. The molecule has 1 aliphatic heterocycles. The van der Waals surface area contributed by atoms with Crippen LogP contribution in [0.5, 0.6) is 0 Å². The third kappa shape index (κ3) is 2.46. The van der Waals surface area contributed by atoms with Crippen LogP contribution in [0.15, 0.2) is 60.6 Å². The van der Waals surface area contributed by atoms with Crippen LogP contribution in [0.4, 0.5) is 5.69 Å². The summed E-state index contributed by atoms with van der Waals surface area (Å²) in [6.07, 6.45) is 4.44. The number of likely N-dealkylation sites (N-methyl/N-ethyl adjacent to an activating group) is 1. The number of para-hydroxylation sites is 1. The Hall–Kier alpha value is -2.75. The van der Waals surface area contributed by atoms with Crippen LogP contribution < -0.4 is 4.90 Å². The predicted octanol–water partition coefficient (Wildman–Crippen LogP) is 3.14. The molecular formula is C19H18N2O2. The van der Waals surface area contributed by atoms with Crippen LogP contribution in [0.3, 0.4) is 0 Å². The Labute approximate surface area is 135 Å². The molecule has 1 aliphatic rings. The van der Waals surface area contributed by atoms with E-state index in [0.29, 0.717) is 5.56 Å². The van der Waals surface area contributed by atoms with Crippen LogP contribution in [0.1, 0.15) is 29.8 Å². The van der Waals surface area contributed by atoms with Crippen molar-refractivity contribution < 1.29 is 9.59 Å². The van der Waals surface area contributed by atoms with Crippen LogP contribution >= 0.6 is 0 Å². The van der Waals surface area contributed by atoms with Gasteiger partial charge in [0.1, 0.15) is 0 Å². The Bertz CT molecular complexity index is 807. The molecule has 0 N–H and O–H groups in total. The van der Waals surface area contributed by atoms with Crippen molar-refractivity contribution in [1.29, 1.82) is 0 Å². The Morgan fingerprint density at radius 1 is 1.13 bits per heavy atom. The lowest BCUT2D eigenvalue weighted by Crippen LogP contribution is -2.25. The lowest BCUT2D eigenvalue weighted by molar-refractivity contribution is -0.111. The normalized spacial score (nSPS) is 17.2. The van der Waals surface area contributed by atoms with Crippen molar-refractivity contribution in [2.24, 2.45) is 0 Å². The van der Waals surface area contributed by atoms with Gasteiger partial charge in [0.05, 0.1) is 0 Å². The van der Waals surface area contributed by atoms with Gasteiger partial charge in [0.2, 0.25) is 11.6 Å². The minimum absolute atomic E-state index is 0.310. The van der Waals surface area contributed by atoms with Gasteiger partial charge in [-0.1, -0.05) is 32.0 Å². The van der Waals surface area contributed by atoms with Crippen molar-refractivity contribution in [2.45, 2.75) is 19.3 Å². The summed E-state index contributed by atoms with van der Waals surface area (Å²) in [5.41, 5.74) is 3.02. The summed E-state index contributed by atoms with van der Waals surface area (Å²) < 4.78 is 0. The molecule has 1 aromatic carbocycles. The molecule has 0 saturated carbocycles. The van der Waals surface area contributed by atoms with Gasteiger partial charge in [0, 0.05) is 47.9 Å². The first-order valence-electron chi connectivity index (χ1n) is 7.47. The van der Waals surface area contributed by atoms with Crippen LogP contribution in [0, 0.1) is 0 Å². The van der Waals surface area contributed by atoms with Crippen LogP contribution in [0.2, 0.25) is 0 Å². The molecule has 0 unspecified atom stereocenters. The molecule has 0 amide bonds. The SMILES string of the molecule is CN1/C(=C/C(=O)C(=O)c2cccnc2)C(C)(C)c2ccccc21. The first-order valence-corrected chi connectivity index (χ1v) is 7.47. The number of nitrogens with zero attached hydrogens (tertiary/aromatic N) is 2. The van der Waals surface area contributed by atoms with E-state index in [0.717, 1.165) is 16.9 Å². The number of benzene rings is 1. The fraction of sp³-hybridized carbons (Fsp3) is 0.211. The maximum Gasteiger partial charge on any atom is 0.234 e. The van der Waals surface area contributed by atoms with E-state index in [1.807, 2.05) is 30.1 Å². The van der Waals surface area contributed by atoms with Gasteiger partial charge in [-0.25, -0.2) is 0 Å². The summed E-state index contributed by atoms with van der Waals surface area (Å²) in [7, 11) is 1.92. The number of rotatable bonds is 3. The van der Waals surface area contributed by atoms with Gasteiger partial charge in [0.15, 0.2) is 0 Å². The molecule has 23 heavy (non-hydrogen) atoms. The first-order chi connectivity index (χ1) is 10.9. The molecule has 3 rings (SSSR count). The van der Waals surface area contributed by atoms with Gasteiger partial charge in [-0.3, -0.25) is 14.6 Å². The average Bonchev–Trinajstić information content (AvgIpc) is 2.76. The van der Waals surface area contributed by atoms with Gasteiger partial charge in [0.25, 0.3) is 0 Å². The topological polar surface area (TPSA) is 50.3 Å². The van der Waals surface area contributed by atoms with E-state index >= 15 is 0 Å². The zero-order valence-electron chi connectivity index (χ0n) is 13.4. The highest BCUT2D eigenvalue weighted by atomic mass is 16.2. The summed E-state index contributed by atoms with van der Waals surface area (Å²) in [5.74, 6) is -1.06. The second-order valence-corrected chi connectivity index (χ2v) is 6.17. The molecule has 0 fully saturated rings. The smallest absolute Gasteiger partial charge is 0.234 e. The van der Waals surface area contributed by atoms with E-state index in [1.165, 1.54) is 12.3 Å². The Morgan fingerprint density at radius 2 is 1.87 bits per heavy atom. The standard InChI is InChI=1S/C19H18N2O2/c1-19(2)14-8-4-5-9-15(14)21(3)17(19)11-16(22)18(23)13-7-6-10-20-12-13/h4-12H,1-3H3/b17-11+. The molecule has 0 bridgehead atoms. The highest BCUT2D eigenvalue weighted by Crippen LogP contribution is 2.46. The number of Topliss-reactive ketones (excluding diaryl/α,β-unsaturated/α-hetero) is 1. The second-order valence-electron chi connectivity index (χ2n) is 6.17. The highest BCUT2D eigenvalue weighted by Gasteiger charge is 2.38. The molecule has 4 nitrogen and oxygen atoms in total. The van der Waals surface area contributed by atoms with Crippen molar-refractivity contribution in [2.75, 3.05) is 11.9 Å². The van der Waals surface area contributed by atoms with Crippen LogP contribution in [0.25, 0.3) is 0 Å². The summed E-state index contributed by atoms with van der Waals surface area (Å²) >= 11 is 0. The van der Waals surface area contributed by atoms with Crippen molar-refractivity contribution in [3.63, 3.8) is 0 Å². The second kappa shape index (κ2) is 5.47. The number of pyridine rings is 1. The zero-order chi connectivity index (χ0) is 16.6. The Morgan fingerprint density at radius 3 is 2.52 bits per heavy atom. The Balaban J connectivity index is 1.97. The number of hydrogen-bond donors (Lipinski definition) is 0. The summed E-state index contributed by atoms with van der Waals surface area (Å²) in [4.78, 5) is 30.5. The van der Waals surface area contributed by atoms with E-state index < -0.39 is 11.6 Å². The number of hydrogen-bond acceptors (Lipinski definition) is 4. The molecule has 0 aliphatic carbocycles. The lowest BCUT2D eigenvalue weighted by Gasteiger charge is -2.23. The Kier molecular flexibility index (Phi) is 3.60. The molecule has 4 heteroatoms. The number of ketones is 2. The molecule has 2 aromatic rings. The van der Waals surface area contributed by atoms with Crippen molar-refractivity contribution in [3.05, 3.63) is 71.7 Å². The maximum absolute atomic E-state index is 12.4. The molecule has 0 spiro atoms. The lowest BCUT2D eigenvalue weighted by atomic mass is 9.83. The monoisotopic (exact) mass is 306 g/mol. The largest absolute Gasteiger partial charge is 0.347 e. The third-order valence-electron chi connectivity index (χ3n) is 4.36. The number of carbonyl (C=O) groups excluding carboxylic acids is 2. The van der Waals surface area contributed by atoms with Crippen molar-refractivity contribution >= 4 is 17.3 Å². The molecule has 2 heterocycles. The maximum atomic E-state index is 12.4. The van der Waals surface area contributed by atoms with Gasteiger partial charge >= 0.3 is 0 Å². The van der Waals surface area contributed by atoms with E-state index in [4.69, 9.17) is 0 Å². The highest BCUT2D eigenvalue weighted by molar-refractivity contribution is 6.47. The van der Waals surface area contributed by atoms with E-state index in [9.17, 15) is 9.59 Å². The number of carbonyl (C=O) groups is 2. The van der Waals surface area contributed by atoms with Crippen molar-refractivity contribution in [3.8, 4) is 0 Å². The summed E-state index contributed by atoms with van der Waals surface area (Å²) in [6.45, 7) is 4.12. The number of anilines is 1. The first kappa shape index (κ1) is 15.2. The summed E-state index contributed by atoms with van der Waals surface area (Å²) in [5, 5.41) is 0. The van der Waals surface area contributed by atoms with Crippen LogP contribution in [-0.4, -0.2) is 23.6 Å². The van der Waals surface area contributed by atoms with Gasteiger partial charge in [-0.05, 0) is 23.8 Å². The van der Waals surface area contributed by atoms with E-state index in [-0.39, 0.29) is 5.41 Å². The minimum atomic E-state index is -0.536. The van der Waals surface area contributed by atoms with Gasteiger partial charge < -0.3 is 4.90 Å². The fourth-order valence-corrected chi connectivity index (χ4v) is 3.09. The molecule has 0 radical (unpaired) electrons. The van der Waals surface area contributed by atoms with E-state index in [1.54, 1.807) is 18.3 Å². The number of allylic oxidation sites excluding steroid dienone is 2. The molecule has 116 valence electrons. The number of fused-ring (bicyclic) bond motifs is 1. The zero-order valence-corrected chi connectivity index (χ0v) is 13.4. The third-order valence-corrected chi connectivity index (χ3v) is 4.36. The fourth-order valence-electron chi connectivity index (χ4n) is 3.09. The summed E-state index contributed by atoms with van der Waals surface area (Å²) in [6, 6.07) is 11.3. The quantitative estimate of drug-likeness (QED) is 0.496.